The van der Waals surface area contributed by atoms with Crippen LogP contribution in [0.15, 0.2) is 24.3 Å². The molecule has 0 amide bonds. The van der Waals surface area contributed by atoms with Crippen LogP contribution in [-0.4, -0.2) is 17.1 Å². The van der Waals surface area contributed by atoms with Crippen molar-refractivity contribution in [1.29, 1.82) is 0 Å². The van der Waals surface area contributed by atoms with Gasteiger partial charge in [0.2, 0.25) is 0 Å². The molecule has 24 heavy (non-hydrogen) atoms. The predicted molar refractivity (Wildman–Crippen MR) is 91.6 cm³/mol. The van der Waals surface area contributed by atoms with Gasteiger partial charge < -0.3 is 9.47 Å². The fourth-order valence-electron chi connectivity index (χ4n) is 4.23. The van der Waals surface area contributed by atoms with Crippen molar-refractivity contribution < 1.29 is 14.4 Å². The number of non-ortho nitro benzene ring substituents is 1. The van der Waals surface area contributed by atoms with Crippen molar-refractivity contribution in [3.05, 3.63) is 39.9 Å². The van der Waals surface area contributed by atoms with Crippen LogP contribution in [0.2, 0.25) is 0 Å². The Morgan fingerprint density at radius 1 is 1.12 bits per heavy atom. The second-order valence-corrected chi connectivity index (χ2v) is 6.98. The third-order valence-electron chi connectivity index (χ3n) is 5.64. The molecule has 5 heteroatoms. The average molecular weight is 333 g/mol. The number of rotatable bonds is 5. The van der Waals surface area contributed by atoms with Gasteiger partial charge in [0.25, 0.3) is 5.69 Å². The molecule has 0 N–H and O–H groups in total. The molecule has 4 atom stereocenters. The van der Waals surface area contributed by atoms with Crippen LogP contribution in [-0.2, 0) is 9.47 Å². The number of nitro benzene ring substituents is 1. The molecule has 1 heterocycles. The first-order valence-electron chi connectivity index (χ1n) is 9.19. The topological polar surface area (TPSA) is 61.6 Å². The van der Waals surface area contributed by atoms with Gasteiger partial charge >= 0.3 is 0 Å². The number of hydrogen-bond acceptors (Lipinski definition) is 4. The highest BCUT2D eigenvalue weighted by Crippen LogP contribution is 2.44. The summed E-state index contributed by atoms with van der Waals surface area (Å²) in [4.78, 5) is 10.5. The Hall–Kier alpha value is -1.46. The lowest BCUT2D eigenvalue weighted by atomic mass is 9.76. The molecule has 3 rings (SSSR count). The quantitative estimate of drug-likeness (QED) is 0.561. The molecule has 0 unspecified atom stereocenters. The Morgan fingerprint density at radius 2 is 1.79 bits per heavy atom. The van der Waals surface area contributed by atoms with E-state index in [2.05, 4.69) is 13.8 Å². The Morgan fingerprint density at radius 3 is 2.42 bits per heavy atom. The van der Waals surface area contributed by atoms with Crippen molar-refractivity contribution in [3.8, 4) is 0 Å². The van der Waals surface area contributed by atoms with Gasteiger partial charge in [-0.2, -0.15) is 0 Å². The van der Waals surface area contributed by atoms with E-state index in [-0.39, 0.29) is 22.8 Å². The normalized spacial score (nSPS) is 30.1. The van der Waals surface area contributed by atoms with Crippen LogP contribution in [0.1, 0.15) is 64.2 Å². The maximum atomic E-state index is 10.8. The van der Waals surface area contributed by atoms with E-state index in [1.54, 1.807) is 12.1 Å². The summed E-state index contributed by atoms with van der Waals surface area (Å²) < 4.78 is 12.6. The third kappa shape index (κ3) is 3.47. The van der Waals surface area contributed by atoms with E-state index in [1.165, 1.54) is 31.4 Å². The molecule has 1 saturated carbocycles. The molecule has 5 nitrogen and oxygen atoms in total. The number of hydrogen-bond donors (Lipinski definition) is 0. The lowest BCUT2D eigenvalue weighted by molar-refractivity contribution is -0.384. The minimum atomic E-state index is -0.407. The summed E-state index contributed by atoms with van der Waals surface area (Å²) in [5.41, 5.74) is 0.974. The van der Waals surface area contributed by atoms with Crippen molar-refractivity contribution in [2.75, 3.05) is 0 Å². The molecule has 0 bridgehead atoms. The van der Waals surface area contributed by atoms with Gasteiger partial charge in [-0.3, -0.25) is 10.1 Å². The number of fused-ring (bicyclic) bond motifs is 1. The van der Waals surface area contributed by atoms with Crippen LogP contribution in [0, 0.1) is 22.0 Å². The average Bonchev–Trinajstić information content (AvgIpc) is 2.62. The lowest BCUT2D eigenvalue weighted by Crippen LogP contribution is -2.47. The van der Waals surface area contributed by atoms with Crippen molar-refractivity contribution in [2.45, 2.75) is 70.9 Å². The largest absolute Gasteiger partial charge is 0.345 e. The summed E-state index contributed by atoms with van der Waals surface area (Å²) in [6, 6.07) is 6.58. The highest BCUT2D eigenvalue weighted by molar-refractivity contribution is 5.33. The molecule has 0 spiro atoms. The van der Waals surface area contributed by atoms with Crippen LogP contribution in [0.3, 0.4) is 0 Å². The highest BCUT2D eigenvalue weighted by atomic mass is 16.7. The lowest BCUT2D eigenvalue weighted by Gasteiger charge is -2.47. The molecule has 0 aromatic heterocycles. The first kappa shape index (κ1) is 17.4. The van der Waals surface area contributed by atoms with Gasteiger partial charge in [-0.1, -0.05) is 39.5 Å². The maximum absolute atomic E-state index is 10.8. The molecule has 1 aliphatic carbocycles. The number of benzene rings is 1. The zero-order chi connectivity index (χ0) is 17.1. The molecule has 132 valence electrons. The Labute approximate surface area is 143 Å². The van der Waals surface area contributed by atoms with E-state index in [0.717, 1.165) is 24.8 Å². The first-order chi connectivity index (χ1) is 11.6. The van der Waals surface area contributed by atoms with Crippen molar-refractivity contribution in [2.24, 2.45) is 11.8 Å². The van der Waals surface area contributed by atoms with Crippen LogP contribution in [0.25, 0.3) is 0 Å². The smallest absolute Gasteiger partial charge is 0.269 e. The fourth-order valence-corrected chi connectivity index (χ4v) is 4.23. The van der Waals surface area contributed by atoms with E-state index >= 15 is 0 Å². The number of nitrogens with zero attached hydrogens (tertiary/aromatic N) is 1. The zero-order valence-corrected chi connectivity index (χ0v) is 14.5. The standard InChI is InChI=1S/C19H27NO4/c1-3-13(4-2)18-16-7-5-6-8-17(16)23-19(24-18)14-9-11-15(12-10-14)20(21)22/h9-13,16-19H,3-8H2,1-2H3/t16-,17-,18-,19-/m0/s1. The summed E-state index contributed by atoms with van der Waals surface area (Å²) in [6.45, 7) is 4.46. The fraction of sp³-hybridized carbons (Fsp3) is 0.684. The second kappa shape index (κ2) is 7.62. The third-order valence-corrected chi connectivity index (χ3v) is 5.64. The summed E-state index contributed by atoms with van der Waals surface area (Å²) in [6.07, 6.45) is 7.02. The van der Waals surface area contributed by atoms with Crippen LogP contribution >= 0.6 is 0 Å². The molecule has 0 radical (unpaired) electrons. The number of nitro groups is 1. The predicted octanol–water partition coefficient (Wildman–Crippen LogP) is 5.00. The molecule has 1 aromatic rings. The summed E-state index contributed by atoms with van der Waals surface area (Å²) in [5.74, 6) is 1.03. The SMILES string of the molecule is CCC(CC)[C@@H]1O[C@@H](c2ccc([N+](=O)[O-])cc2)O[C@H]2CCCC[C@@H]21. The molecule has 1 saturated heterocycles. The molecule has 2 fully saturated rings. The van der Waals surface area contributed by atoms with Crippen molar-refractivity contribution >= 4 is 5.69 Å². The summed E-state index contributed by atoms with van der Waals surface area (Å²) in [7, 11) is 0. The van der Waals surface area contributed by atoms with Gasteiger partial charge in [0, 0.05) is 23.6 Å². The molecular weight excluding hydrogens is 306 g/mol. The monoisotopic (exact) mass is 333 g/mol. The zero-order valence-electron chi connectivity index (χ0n) is 14.5. The van der Waals surface area contributed by atoms with Gasteiger partial charge in [0.1, 0.15) is 0 Å². The van der Waals surface area contributed by atoms with Crippen molar-refractivity contribution in [3.63, 3.8) is 0 Å². The van der Waals surface area contributed by atoms with Crippen LogP contribution in [0.5, 0.6) is 0 Å². The van der Waals surface area contributed by atoms with E-state index in [9.17, 15) is 10.1 Å². The van der Waals surface area contributed by atoms with Crippen LogP contribution in [0.4, 0.5) is 5.69 Å². The van der Waals surface area contributed by atoms with Gasteiger partial charge in [-0.05, 0) is 30.9 Å². The van der Waals surface area contributed by atoms with E-state index in [0.29, 0.717) is 11.8 Å². The number of ether oxygens (including phenoxy) is 2. The van der Waals surface area contributed by atoms with Gasteiger partial charge in [-0.15, -0.1) is 0 Å². The molecule has 1 aromatic carbocycles. The van der Waals surface area contributed by atoms with Gasteiger partial charge in [0.05, 0.1) is 17.1 Å². The van der Waals surface area contributed by atoms with E-state index in [1.807, 2.05) is 0 Å². The molecule has 2 aliphatic rings. The highest BCUT2D eigenvalue weighted by Gasteiger charge is 2.43. The van der Waals surface area contributed by atoms with Crippen molar-refractivity contribution in [1.82, 2.24) is 0 Å². The first-order valence-corrected chi connectivity index (χ1v) is 9.19. The van der Waals surface area contributed by atoms with Gasteiger partial charge in [0.15, 0.2) is 6.29 Å². The Balaban J connectivity index is 1.82. The van der Waals surface area contributed by atoms with Gasteiger partial charge in [-0.25, -0.2) is 0 Å². The van der Waals surface area contributed by atoms with E-state index in [4.69, 9.17) is 9.47 Å². The summed E-state index contributed by atoms with van der Waals surface area (Å²) in [5, 5.41) is 10.8. The maximum Gasteiger partial charge on any atom is 0.269 e. The van der Waals surface area contributed by atoms with Crippen LogP contribution < -0.4 is 0 Å². The minimum Gasteiger partial charge on any atom is -0.345 e. The van der Waals surface area contributed by atoms with E-state index < -0.39 is 6.29 Å². The minimum absolute atomic E-state index is 0.0987. The summed E-state index contributed by atoms with van der Waals surface area (Å²) >= 11 is 0. The Bertz CT molecular complexity index is 555. The Kier molecular flexibility index (Phi) is 5.51. The molecular formula is C19H27NO4. The second-order valence-electron chi connectivity index (χ2n) is 6.98. The molecule has 1 aliphatic heterocycles.